The third kappa shape index (κ3) is 3.82. The van der Waals surface area contributed by atoms with Crippen LogP contribution in [0.25, 0.3) is 0 Å². The van der Waals surface area contributed by atoms with Crippen molar-refractivity contribution in [3.8, 4) is 0 Å². The summed E-state index contributed by atoms with van der Waals surface area (Å²) in [5.74, 6) is -1.13. The molecule has 1 atom stereocenters. The second-order valence-electron chi connectivity index (χ2n) is 4.69. The summed E-state index contributed by atoms with van der Waals surface area (Å²) in [4.78, 5) is 0. The molecule has 0 saturated carbocycles. The highest BCUT2D eigenvalue weighted by molar-refractivity contribution is 9.10. The maximum absolute atomic E-state index is 14.1. The van der Waals surface area contributed by atoms with Crippen molar-refractivity contribution in [1.29, 1.82) is 0 Å². The quantitative estimate of drug-likeness (QED) is 0.732. The van der Waals surface area contributed by atoms with E-state index >= 15 is 0 Å². The molecule has 21 heavy (non-hydrogen) atoms. The zero-order valence-electron chi connectivity index (χ0n) is 11.5. The zero-order chi connectivity index (χ0) is 15.4. The maximum Gasteiger partial charge on any atom is 0.131 e. The van der Waals surface area contributed by atoms with Gasteiger partial charge in [0.1, 0.15) is 11.6 Å². The van der Waals surface area contributed by atoms with Gasteiger partial charge in [-0.1, -0.05) is 46.6 Å². The molecule has 2 aromatic carbocycles. The van der Waals surface area contributed by atoms with Crippen LogP contribution in [0, 0.1) is 11.6 Å². The van der Waals surface area contributed by atoms with E-state index in [1.807, 2.05) is 6.92 Å². The molecule has 0 aromatic heterocycles. The van der Waals surface area contributed by atoms with Crippen molar-refractivity contribution in [2.24, 2.45) is 0 Å². The van der Waals surface area contributed by atoms with Gasteiger partial charge in [-0.05, 0) is 42.8 Å². The number of nitrogens with one attached hydrogen (secondary N) is 1. The van der Waals surface area contributed by atoms with Crippen LogP contribution in [0.5, 0.6) is 0 Å². The third-order valence-electron chi connectivity index (χ3n) is 3.16. The Morgan fingerprint density at radius 3 is 2.43 bits per heavy atom. The number of rotatable bonds is 5. The summed E-state index contributed by atoms with van der Waals surface area (Å²) in [6.45, 7) is 2.65. The smallest absolute Gasteiger partial charge is 0.131 e. The van der Waals surface area contributed by atoms with Crippen molar-refractivity contribution < 1.29 is 8.78 Å². The molecule has 0 fully saturated rings. The molecule has 2 aromatic rings. The summed E-state index contributed by atoms with van der Waals surface area (Å²) in [6.07, 6.45) is 0.859. The fourth-order valence-corrected chi connectivity index (χ4v) is 3.09. The van der Waals surface area contributed by atoms with Crippen LogP contribution >= 0.6 is 27.5 Å². The van der Waals surface area contributed by atoms with Gasteiger partial charge in [-0.2, -0.15) is 0 Å². The molecular weight excluding hydrogens is 360 g/mol. The van der Waals surface area contributed by atoms with Gasteiger partial charge in [0.15, 0.2) is 0 Å². The van der Waals surface area contributed by atoms with E-state index in [0.717, 1.165) is 12.0 Å². The number of halogens is 4. The minimum absolute atomic E-state index is 0.0222. The first-order chi connectivity index (χ1) is 10.0. The average molecular weight is 375 g/mol. The summed E-state index contributed by atoms with van der Waals surface area (Å²) in [5.41, 5.74) is 0.769. The summed E-state index contributed by atoms with van der Waals surface area (Å²) in [5, 5.41) is 3.75. The average Bonchev–Trinajstić information content (AvgIpc) is 2.43. The predicted molar refractivity (Wildman–Crippen MR) is 85.6 cm³/mol. The number of benzene rings is 2. The summed E-state index contributed by atoms with van der Waals surface area (Å²) in [7, 11) is 0. The Labute approximate surface area is 136 Å². The van der Waals surface area contributed by atoms with E-state index in [1.54, 1.807) is 18.2 Å². The molecule has 112 valence electrons. The molecule has 1 nitrogen and oxygen atoms in total. The molecule has 2 rings (SSSR count). The van der Waals surface area contributed by atoms with E-state index in [-0.39, 0.29) is 5.56 Å². The van der Waals surface area contributed by atoms with Crippen molar-refractivity contribution in [1.82, 2.24) is 5.32 Å². The fraction of sp³-hybridized carbons (Fsp3) is 0.250. The molecule has 0 radical (unpaired) electrons. The van der Waals surface area contributed by atoms with Gasteiger partial charge in [0.25, 0.3) is 0 Å². The van der Waals surface area contributed by atoms with Crippen molar-refractivity contribution in [3.63, 3.8) is 0 Å². The maximum atomic E-state index is 14.1. The first-order valence-corrected chi connectivity index (χ1v) is 7.84. The Morgan fingerprint density at radius 2 is 1.86 bits per heavy atom. The standard InChI is InChI=1S/C16H15BrClF2N/c1-2-8-21-16(11-7-6-10(18)9-12(11)17)15-13(19)4-3-5-14(15)20/h3-7,9,16,21H,2,8H2,1H3. The van der Waals surface area contributed by atoms with Crippen LogP contribution in [-0.4, -0.2) is 6.54 Å². The number of hydrogen-bond acceptors (Lipinski definition) is 1. The minimum atomic E-state index is -0.571. The lowest BCUT2D eigenvalue weighted by Gasteiger charge is -2.22. The largest absolute Gasteiger partial charge is 0.306 e. The Bertz CT molecular complexity index is 613. The van der Waals surface area contributed by atoms with Gasteiger partial charge in [-0.3, -0.25) is 0 Å². The van der Waals surface area contributed by atoms with Crippen molar-refractivity contribution in [2.45, 2.75) is 19.4 Å². The Hall–Kier alpha value is -0.970. The van der Waals surface area contributed by atoms with E-state index in [2.05, 4.69) is 21.2 Å². The molecule has 0 aliphatic carbocycles. The number of hydrogen-bond donors (Lipinski definition) is 1. The van der Waals surface area contributed by atoms with Crippen molar-refractivity contribution in [2.75, 3.05) is 6.54 Å². The topological polar surface area (TPSA) is 12.0 Å². The third-order valence-corrected chi connectivity index (χ3v) is 4.08. The van der Waals surface area contributed by atoms with E-state index in [4.69, 9.17) is 11.6 Å². The predicted octanol–water partition coefficient (Wildman–Crippen LogP) is 5.47. The lowest BCUT2D eigenvalue weighted by Crippen LogP contribution is -2.25. The second kappa shape index (κ2) is 7.34. The van der Waals surface area contributed by atoms with E-state index in [9.17, 15) is 8.78 Å². The molecule has 5 heteroatoms. The lowest BCUT2D eigenvalue weighted by molar-refractivity contribution is 0.502. The van der Waals surface area contributed by atoms with Gasteiger partial charge in [0, 0.05) is 15.1 Å². The molecule has 0 aliphatic heterocycles. The van der Waals surface area contributed by atoms with Crippen LogP contribution in [0.3, 0.4) is 0 Å². The highest BCUT2D eigenvalue weighted by atomic mass is 79.9. The van der Waals surface area contributed by atoms with Gasteiger partial charge in [0.2, 0.25) is 0 Å². The Morgan fingerprint density at radius 1 is 1.19 bits per heavy atom. The summed E-state index contributed by atoms with van der Waals surface area (Å²) in [6, 6.07) is 8.52. The molecule has 0 aliphatic rings. The van der Waals surface area contributed by atoms with Crippen molar-refractivity contribution >= 4 is 27.5 Å². The molecular formula is C16H15BrClF2N. The lowest BCUT2D eigenvalue weighted by atomic mass is 9.97. The van der Waals surface area contributed by atoms with Gasteiger partial charge in [0.05, 0.1) is 6.04 Å². The van der Waals surface area contributed by atoms with Crippen LogP contribution in [0.1, 0.15) is 30.5 Å². The van der Waals surface area contributed by atoms with Gasteiger partial charge in [-0.15, -0.1) is 0 Å². The Balaban J connectivity index is 2.52. The normalized spacial score (nSPS) is 12.4. The molecule has 0 saturated heterocycles. The zero-order valence-corrected chi connectivity index (χ0v) is 13.8. The van der Waals surface area contributed by atoms with Crippen LogP contribution in [0.2, 0.25) is 5.02 Å². The van der Waals surface area contributed by atoms with E-state index < -0.39 is 17.7 Å². The highest BCUT2D eigenvalue weighted by Crippen LogP contribution is 2.33. The molecule has 1 N–H and O–H groups in total. The van der Waals surface area contributed by atoms with E-state index in [1.165, 1.54) is 18.2 Å². The monoisotopic (exact) mass is 373 g/mol. The summed E-state index contributed by atoms with van der Waals surface area (Å²) < 4.78 is 28.9. The molecule has 0 heterocycles. The summed E-state index contributed by atoms with van der Waals surface area (Å²) >= 11 is 9.35. The second-order valence-corrected chi connectivity index (χ2v) is 5.98. The van der Waals surface area contributed by atoms with Crippen LogP contribution in [0.15, 0.2) is 40.9 Å². The minimum Gasteiger partial charge on any atom is -0.306 e. The first kappa shape index (κ1) is 16.4. The van der Waals surface area contributed by atoms with Gasteiger partial charge in [-0.25, -0.2) is 8.78 Å². The van der Waals surface area contributed by atoms with Crippen LogP contribution < -0.4 is 5.32 Å². The van der Waals surface area contributed by atoms with Crippen LogP contribution in [0.4, 0.5) is 8.78 Å². The van der Waals surface area contributed by atoms with Gasteiger partial charge < -0.3 is 5.32 Å². The SMILES string of the molecule is CCCNC(c1ccc(Cl)cc1Br)c1c(F)cccc1F. The molecule has 0 spiro atoms. The van der Waals surface area contributed by atoms with E-state index in [0.29, 0.717) is 16.0 Å². The van der Waals surface area contributed by atoms with Crippen molar-refractivity contribution in [3.05, 3.63) is 68.7 Å². The molecule has 0 bridgehead atoms. The van der Waals surface area contributed by atoms with Crippen LogP contribution in [-0.2, 0) is 0 Å². The molecule has 1 unspecified atom stereocenters. The van der Waals surface area contributed by atoms with Gasteiger partial charge >= 0.3 is 0 Å². The molecule has 0 amide bonds. The Kier molecular flexibility index (Phi) is 5.73. The fourth-order valence-electron chi connectivity index (χ4n) is 2.18. The highest BCUT2D eigenvalue weighted by Gasteiger charge is 2.23. The first-order valence-electron chi connectivity index (χ1n) is 6.66.